The molecule has 1 spiro atoms. The number of nitrogens with one attached hydrogen (secondary N) is 3. The van der Waals surface area contributed by atoms with Gasteiger partial charge in [0.25, 0.3) is 0 Å². The third-order valence-corrected chi connectivity index (χ3v) is 9.14. The van der Waals surface area contributed by atoms with Crippen molar-refractivity contribution in [1.29, 1.82) is 5.41 Å². The van der Waals surface area contributed by atoms with Gasteiger partial charge in [0, 0.05) is 29.9 Å². The van der Waals surface area contributed by atoms with Crippen molar-refractivity contribution in [2.45, 2.75) is 44.6 Å². The molecule has 1 unspecified atom stereocenters. The summed E-state index contributed by atoms with van der Waals surface area (Å²) in [5, 5.41) is 15.7. The number of carbonyl (C=O) groups excluding carboxylic acids is 1. The molecule has 11 heteroatoms. The zero-order chi connectivity index (χ0) is 34.5. The molecule has 1 atom stereocenters. The molecule has 4 heterocycles. The first-order valence-electron chi connectivity index (χ1n) is 16.8. The number of aromatic nitrogens is 2. The van der Waals surface area contributed by atoms with Gasteiger partial charge in [-0.1, -0.05) is 23.8 Å². The minimum absolute atomic E-state index is 0.148. The monoisotopic (exact) mass is 664 g/mol. The van der Waals surface area contributed by atoms with Crippen LogP contribution in [-0.2, 0) is 4.79 Å². The van der Waals surface area contributed by atoms with Crippen LogP contribution in [0.25, 0.3) is 16.8 Å². The summed E-state index contributed by atoms with van der Waals surface area (Å²) in [6, 6.07) is 10.3. The van der Waals surface area contributed by atoms with Gasteiger partial charge in [0.05, 0.1) is 35.5 Å². The Balaban J connectivity index is 1.17. The highest BCUT2D eigenvalue weighted by atomic mass is 19.1. The smallest absolute Gasteiger partial charge is 0.238 e. The lowest BCUT2D eigenvalue weighted by Gasteiger charge is -2.32. The standard InChI is InChI=1S/C38H45FN8O2/c1-25-6-7-26(27-16-29(39)19-31(18-27)49-15-14-47-12-4-5-13-47)21-38(20-25)11-10-34(45-38)36(41)37-32(40)8-9-33(44-37)28-17-30(23-42-22-28)43-35(48)24-46(2)3/h6-10,16-19,22-23,41,45H,4-5,11-15,20-21,24,40H2,1-3H3,(H,43,48). The highest BCUT2D eigenvalue weighted by Crippen LogP contribution is 2.40. The van der Waals surface area contributed by atoms with Crippen LogP contribution in [0.2, 0.25) is 0 Å². The number of hydrogen-bond donors (Lipinski definition) is 4. The second kappa shape index (κ2) is 14.7. The van der Waals surface area contributed by atoms with Crippen LogP contribution in [0.5, 0.6) is 5.75 Å². The number of ether oxygens (including phenoxy) is 1. The second-order valence-corrected chi connectivity index (χ2v) is 13.6. The van der Waals surface area contributed by atoms with Crippen molar-refractivity contribution in [3.8, 4) is 17.0 Å². The van der Waals surface area contributed by atoms with Crippen LogP contribution in [-0.4, -0.2) is 83.8 Å². The molecule has 3 aliphatic rings. The fourth-order valence-electron chi connectivity index (χ4n) is 6.83. The van der Waals surface area contributed by atoms with Crippen LogP contribution in [0.1, 0.15) is 50.3 Å². The second-order valence-electron chi connectivity index (χ2n) is 13.6. The van der Waals surface area contributed by atoms with E-state index in [9.17, 15) is 14.6 Å². The Labute approximate surface area is 287 Å². The van der Waals surface area contributed by atoms with Crippen molar-refractivity contribution in [3.63, 3.8) is 0 Å². The van der Waals surface area contributed by atoms with Crippen LogP contribution in [0, 0.1) is 11.2 Å². The van der Waals surface area contributed by atoms with E-state index in [1.54, 1.807) is 41.6 Å². The average molecular weight is 665 g/mol. The molecule has 6 rings (SSSR count). The number of pyridine rings is 2. The molecule has 256 valence electrons. The van der Waals surface area contributed by atoms with E-state index in [-0.39, 0.29) is 24.0 Å². The largest absolute Gasteiger partial charge is 0.492 e. The Bertz CT molecular complexity index is 1830. The lowest BCUT2D eigenvalue weighted by atomic mass is 9.83. The first kappa shape index (κ1) is 34.0. The zero-order valence-corrected chi connectivity index (χ0v) is 28.5. The van der Waals surface area contributed by atoms with Crippen LogP contribution in [0.4, 0.5) is 15.8 Å². The van der Waals surface area contributed by atoms with Gasteiger partial charge >= 0.3 is 0 Å². The SMILES string of the molecule is CC1=CC=C(c2cc(F)cc(OCCN3CCCC3)c2)CC2(CC=C(C(=N)c3nc(-c4cncc(NC(=O)CN(C)C)c4)ccc3N)N2)C1. The topological polar surface area (TPSA) is 132 Å². The van der Waals surface area contributed by atoms with Gasteiger partial charge in [-0.3, -0.25) is 20.1 Å². The lowest BCUT2D eigenvalue weighted by molar-refractivity contribution is -0.116. The van der Waals surface area contributed by atoms with Crippen molar-refractivity contribution < 1.29 is 13.9 Å². The third kappa shape index (κ3) is 8.41. The maximum atomic E-state index is 14.9. The fourth-order valence-corrected chi connectivity index (χ4v) is 6.83. The number of halogens is 1. The molecule has 1 fully saturated rings. The van der Waals surface area contributed by atoms with E-state index in [4.69, 9.17) is 15.5 Å². The number of likely N-dealkylation sites (tertiary alicyclic amines) is 1. The molecule has 0 saturated carbocycles. The lowest BCUT2D eigenvalue weighted by Crippen LogP contribution is -2.42. The number of nitrogens with zero attached hydrogens (tertiary/aromatic N) is 4. The van der Waals surface area contributed by atoms with Gasteiger partial charge in [-0.05, 0) is 108 Å². The summed E-state index contributed by atoms with van der Waals surface area (Å²) in [6.07, 6.45) is 14.0. The Morgan fingerprint density at radius 2 is 1.94 bits per heavy atom. The normalized spacial score (nSPS) is 19.2. The molecule has 2 aliphatic heterocycles. The van der Waals surface area contributed by atoms with Gasteiger partial charge in [-0.2, -0.15) is 0 Å². The summed E-state index contributed by atoms with van der Waals surface area (Å²) in [6.45, 7) is 5.89. The number of anilines is 2. The number of hydrogen-bond acceptors (Lipinski definition) is 9. The summed E-state index contributed by atoms with van der Waals surface area (Å²) < 4.78 is 20.9. The van der Waals surface area contributed by atoms with E-state index in [0.29, 0.717) is 59.2 Å². The summed E-state index contributed by atoms with van der Waals surface area (Å²) in [5.41, 5.74) is 12.4. The zero-order valence-electron chi connectivity index (χ0n) is 28.5. The van der Waals surface area contributed by atoms with E-state index >= 15 is 0 Å². The Hall–Kier alpha value is -4.87. The van der Waals surface area contributed by atoms with E-state index in [1.807, 2.05) is 26.2 Å². The van der Waals surface area contributed by atoms with E-state index in [0.717, 1.165) is 37.2 Å². The van der Waals surface area contributed by atoms with Crippen LogP contribution < -0.4 is 21.1 Å². The number of nitrogens with two attached hydrogens (primary N) is 1. The predicted molar refractivity (Wildman–Crippen MR) is 193 cm³/mol. The van der Waals surface area contributed by atoms with Crippen molar-refractivity contribution in [2.24, 2.45) is 0 Å². The third-order valence-electron chi connectivity index (χ3n) is 9.14. The molecule has 1 amide bonds. The van der Waals surface area contributed by atoms with E-state index < -0.39 is 5.54 Å². The highest BCUT2D eigenvalue weighted by Gasteiger charge is 2.38. The molecule has 5 N–H and O–H groups in total. The molecular weight excluding hydrogens is 619 g/mol. The number of amides is 1. The van der Waals surface area contributed by atoms with Crippen LogP contribution in [0.3, 0.4) is 0 Å². The number of carbonyl (C=O) groups is 1. The minimum Gasteiger partial charge on any atom is -0.492 e. The molecule has 3 aromatic rings. The molecular formula is C38H45FN8O2. The summed E-state index contributed by atoms with van der Waals surface area (Å²) >= 11 is 0. The molecule has 2 aromatic heterocycles. The molecule has 1 aromatic carbocycles. The summed E-state index contributed by atoms with van der Waals surface area (Å²) in [4.78, 5) is 25.5. The summed E-state index contributed by atoms with van der Waals surface area (Å²) in [7, 11) is 3.66. The molecule has 1 saturated heterocycles. The quantitative estimate of drug-likeness (QED) is 0.194. The molecule has 0 bridgehead atoms. The molecule has 0 radical (unpaired) electrons. The highest BCUT2D eigenvalue weighted by molar-refractivity contribution is 6.12. The van der Waals surface area contributed by atoms with Crippen LogP contribution in [0.15, 0.2) is 78.3 Å². The number of benzene rings is 1. The van der Waals surface area contributed by atoms with Gasteiger partial charge in [-0.15, -0.1) is 0 Å². The maximum absolute atomic E-state index is 14.9. The molecule has 10 nitrogen and oxygen atoms in total. The van der Waals surface area contributed by atoms with Gasteiger partial charge < -0.3 is 26.0 Å². The van der Waals surface area contributed by atoms with Crippen molar-refractivity contribution in [1.82, 2.24) is 25.1 Å². The van der Waals surface area contributed by atoms with Crippen molar-refractivity contribution >= 4 is 28.6 Å². The first-order valence-corrected chi connectivity index (χ1v) is 16.8. The van der Waals surface area contributed by atoms with Crippen molar-refractivity contribution in [3.05, 3.63) is 95.4 Å². The average Bonchev–Trinajstić information content (AvgIpc) is 3.69. The van der Waals surface area contributed by atoms with Crippen LogP contribution >= 0.6 is 0 Å². The van der Waals surface area contributed by atoms with Gasteiger partial charge in [0.1, 0.15) is 29.6 Å². The van der Waals surface area contributed by atoms with Gasteiger partial charge in [0.2, 0.25) is 5.91 Å². The Kier molecular flexibility index (Phi) is 10.2. The molecule has 49 heavy (non-hydrogen) atoms. The Morgan fingerprint density at radius 1 is 1.12 bits per heavy atom. The van der Waals surface area contributed by atoms with Crippen molar-refractivity contribution in [2.75, 3.05) is 57.9 Å². The summed E-state index contributed by atoms with van der Waals surface area (Å²) in [5.74, 6) is 0.0596. The minimum atomic E-state index is -0.400. The van der Waals surface area contributed by atoms with Gasteiger partial charge in [0.15, 0.2) is 0 Å². The predicted octanol–water partition coefficient (Wildman–Crippen LogP) is 5.65. The number of likely N-dealkylation sites (N-methyl/N-ethyl adjacent to an activating group) is 1. The van der Waals surface area contributed by atoms with E-state index in [1.165, 1.54) is 24.5 Å². The fraction of sp³-hybridized carbons (Fsp3) is 0.368. The van der Waals surface area contributed by atoms with E-state index in [2.05, 4.69) is 39.6 Å². The number of nitrogen functional groups attached to an aromatic ring is 1. The number of rotatable bonds is 11. The Morgan fingerprint density at radius 3 is 2.73 bits per heavy atom. The first-order chi connectivity index (χ1) is 23.6. The van der Waals surface area contributed by atoms with Gasteiger partial charge in [-0.25, -0.2) is 9.37 Å². The molecule has 1 aliphatic carbocycles. The maximum Gasteiger partial charge on any atom is 0.238 e. The number of allylic oxidation sites excluding steroid dienone is 3.